The lowest BCUT2D eigenvalue weighted by atomic mass is 9.91. The van der Waals surface area contributed by atoms with Crippen LogP contribution >= 0.6 is 11.5 Å². The molecule has 0 aliphatic rings. The van der Waals surface area contributed by atoms with Gasteiger partial charge in [-0.15, -0.1) is 5.10 Å². The summed E-state index contributed by atoms with van der Waals surface area (Å²) in [5, 5.41) is 15.9. The van der Waals surface area contributed by atoms with Crippen molar-refractivity contribution in [3.05, 3.63) is 40.4 Å². The average Bonchev–Trinajstić information content (AvgIpc) is 2.89. The third-order valence-corrected chi connectivity index (χ3v) is 3.52. The van der Waals surface area contributed by atoms with Gasteiger partial charge in [-0.05, 0) is 29.2 Å². The number of benzene rings is 1. The highest BCUT2D eigenvalue weighted by atomic mass is 32.1. The van der Waals surface area contributed by atoms with Gasteiger partial charge in [0, 0.05) is 11.1 Å². The normalized spacial score (nSPS) is 11.4. The SMILES string of the molecule is CC(C)(C)c1nnsc1C(=O)Nc1ccc(CO)cc1. The molecule has 1 aromatic heterocycles. The molecule has 2 aromatic rings. The number of nitrogens with one attached hydrogen (secondary N) is 1. The first kappa shape index (κ1) is 14.6. The Morgan fingerprint density at radius 1 is 1.30 bits per heavy atom. The molecule has 2 N–H and O–H groups in total. The minimum Gasteiger partial charge on any atom is -0.392 e. The van der Waals surface area contributed by atoms with Gasteiger partial charge in [-0.1, -0.05) is 37.4 Å². The first-order valence-electron chi connectivity index (χ1n) is 6.26. The van der Waals surface area contributed by atoms with E-state index in [1.165, 1.54) is 0 Å². The number of aliphatic hydroxyl groups is 1. The molecule has 0 saturated heterocycles. The number of anilines is 1. The van der Waals surface area contributed by atoms with E-state index in [9.17, 15) is 4.79 Å². The molecule has 0 fully saturated rings. The highest BCUT2D eigenvalue weighted by molar-refractivity contribution is 7.08. The van der Waals surface area contributed by atoms with E-state index in [1.54, 1.807) is 24.3 Å². The number of nitrogens with zero attached hydrogens (tertiary/aromatic N) is 2. The largest absolute Gasteiger partial charge is 0.392 e. The van der Waals surface area contributed by atoms with E-state index in [1.807, 2.05) is 20.8 Å². The quantitative estimate of drug-likeness (QED) is 0.911. The van der Waals surface area contributed by atoms with Gasteiger partial charge in [0.15, 0.2) is 0 Å². The van der Waals surface area contributed by atoms with Gasteiger partial charge >= 0.3 is 0 Å². The van der Waals surface area contributed by atoms with Crippen LogP contribution in [0.4, 0.5) is 5.69 Å². The summed E-state index contributed by atoms with van der Waals surface area (Å²) >= 11 is 1.10. The summed E-state index contributed by atoms with van der Waals surface area (Å²) in [5.41, 5.74) is 1.96. The molecule has 20 heavy (non-hydrogen) atoms. The van der Waals surface area contributed by atoms with Crippen LogP contribution in [0.5, 0.6) is 0 Å². The van der Waals surface area contributed by atoms with Crippen molar-refractivity contribution in [1.29, 1.82) is 0 Å². The monoisotopic (exact) mass is 291 g/mol. The summed E-state index contributed by atoms with van der Waals surface area (Å²) in [5.74, 6) is -0.207. The molecule has 6 heteroatoms. The van der Waals surface area contributed by atoms with Gasteiger partial charge in [-0.3, -0.25) is 4.79 Å². The van der Waals surface area contributed by atoms with Crippen molar-refractivity contribution in [3.8, 4) is 0 Å². The molecule has 0 bridgehead atoms. The number of rotatable bonds is 3. The predicted octanol–water partition coefficient (Wildman–Crippen LogP) is 2.58. The molecule has 0 saturated carbocycles. The fraction of sp³-hybridized carbons (Fsp3) is 0.357. The van der Waals surface area contributed by atoms with Crippen molar-refractivity contribution in [3.63, 3.8) is 0 Å². The zero-order chi connectivity index (χ0) is 14.8. The minimum absolute atomic E-state index is 0.0127. The van der Waals surface area contributed by atoms with E-state index in [4.69, 9.17) is 5.11 Å². The molecule has 5 nitrogen and oxygen atoms in total. The highest BCUT2D eigenvalue weighted by Gasteiger charge is 2.26. The van der Waals surface area contributed by atoms with Gasteiger partial charge in [0.2, 0.25) is 0 Å². The maximum Gasteiger partial charge on any atom is 0.269 e. The van der Waals surface area contributed by atoms with E-state index in [0.29, 0.717) is 16.3 Å². The number of carbonyl (C=O) groups is 1. The molecule has 0 spiro atoms. The third-order valence-electron chi connectivity index (χ3n) is 2.80. The van der Waals surface area contributed by atoms with Crippen LogP contribution < -0.4 is 5.32 Å². The standard InChI is InChI=1S/C14H17N3O2S/c1-14(2,3)12-11(20-17-16-12)13(19)15-10-6-4-9(8-18)5-7-10/h4-7,18H,8H2,1-3H3,(H,15,19). The Morgan fingerprint density at radius 2 is 1.95 bits per heavy atom. The van der Waals surface area contributed by atoms with Crippen molar-refractivity contribution in [2.24, 2.45) is 0 Å². The lowest BCUT2D eigenvalue weighted by molar-refractivity contribution is 0.102. The van der Waals surface area contributed by atoms with Gasteiger partial charge in [-0.25, -0.2) is 0 Å². The smallest absolute Gasteiger partial charge is 0.269 e. The molecule has 1 heterocycles. The van der Waals surface area contributed by atoms with Crippen molar-refractivity contribution in [2.45, 2.75) is 32.8 Å². The Labute approximate surface area is 121 Å². The van der Waals surface area contributed by atoms with Gasteiger partial charge in [0.1, 0.15) is 4.88 Å². The first-order valence-corrected chi connectivity index (χ1v) is 7.03. The molecule has 2 rings (SSSR count). The summed E-state index contributed by atoms with van der Waals surface area (Å²) < 4.78 is 3.88. The van der Waals surface area contributed by atoms with Gasteiger partial charge in [-0.2, -0.15) is 0 Å². The van der Waals surface area contributed by atoms with Crippen LogP contribution in [0.1, 0.15) is 41.7 Å². The molecule has 106 valence electrons. The van der Waals surface area contributed by atoms with E-state index in [-0.39, 0.29) is 17.9 Å². The number of aromatic nitrogens is 2. The van der Waals surface area contributed by atoms with Gasteiger partial charge < -0.3 is 10.4 Å². The fourth-order valence-corrected chi connectivity index (χ4v) is 2.48. The molecule has 1 aromatic carbocycles. The van der Waals surface area contributed by atoms with Crippen LogP contribution in [0.15, 0.2) is 24.3 Å². The average molecular weight is 291 g/mol. The molecule has 0 radical (unpaired) electrons. The number of carbonyl (C=O) groups excluding carboxylic acids is 1. The zero-order valence-electron chi connectivity index (χ0n) is 11.7. The number of hydrogen-bond donors (Lipinski definition) is 2. The van der Waals surface area contributed by atoms with Crippen LogP contribution in [-0.4, -0.2) is 20.6 Å². The molecule has 0 aliphatic carbocycles. The van der Waals surface area contributed by atoms with Crippen LogP contribution in [0.25, 0.3) is 0 Å². The Kier molecular flexibility index (Phi) is 4.15. The van der Waals surface area contributed by atoms with Crippen molar-refractivity contribution in [1.82, 2.24) is 9.59 Å². The number of amides is 1. The van der Waals surface area contributed by atoms with Gasteiger partial charge in [0.05, 0.1) is 12.3 Å². The Balaban J connectivity index is 2.18. The topological polar surface area (TPSA) is 75.1 Å². The van der Waals surface area contributed by atoms with Crippen molar-refractivity contribution >= 4 is 23.1 Å². The fourth-order valence-electron chi connectivity index (χ4n) is 1.71. The molecule has 0 atom stereocenters. The third kappa shape index (κ3) is 3.20. The maximum absolute atomic E-state index is 12.3. The van der Waals surface area contributed by atoms with Crippen LogP contribution in [0, 0.1) is 0 Å². The second-order valence-corrected chi connectivity index (χ2v) is 6.26. The Hall–Kier alpha value is -1.79. The Morgan fingerprint density at radius 3 is 2.50 bits per heavy atom. The number of aliphatic hydroxyl groups excluding tert-OH is 1. The van der Waals surface area contributed by atoms with E-state index < -0.39 is 0 Å². The van der Waals surface area contributed by atoms with Crippen molar-refractivity contribution in [2.75, 3.05) is 5.32 Å². The summed E-state index contributed by atoms with van der Waals surface area (Å²) in [7, 11) is 0. The van der Waals surface area contributed by atoms with Crippen LogP contribution in [-0.2, 0) is 12.0 Å². The zero-order valence-corrected chi connectivity index (χ0v) is 12.5. The molecule has 0 unspecified atom stereocenters. The Bertz CT molecular complexity index is 600. The highest BCUT2D eigenvalue weighted by Crippen LogP contribution is 2.26. The van der Waals surface area contributed by atoms with E-state index >= 15 is 0 Å². The minimum atomic E-state index is -0.222. The lowest BCUT2D eigenvalue weighted by Gasteiger charge is -2.16. The summed E-state index contributed by atoms with van der Waals surface area (Å²) in [6.45, 7) is 5.98. The van der Waals surface area contributed by atoms with E-state index in [2.05, 4.69) is 14.9 Å². The first-order chi connectivity index (χ1) is 9.41. The second kappa shape index (κ2) is 5.68. The second-order valence-electron chi connectivity index (χ2n) is 5.51. The summed E-state index contributed by atoms with van der Waals surface area (Å²) in [6, 6.07) is 7.06. The molecular weight excluding hydrogens is 274 g/mol. The van der Waals surface area contributed by atoms with Crippen LogP contribution in [0.2, 0.25) is 0 Å². The molecule has 0 aliphatic heterocycles. The van der Waals surface area contributed by atoms with Crippen molar-refractivity contribution < 1.29 is 9.90 Å². The molecule has 1 amide bonds. The summed E-state index contributed by atoms with van der Waals surface area (Å²) in [6.07, 6.45) is 0. The summed E-state index contributed by atoms with van der Waals surface area (Å²) in [4.78, 5) is 12.8. The maximum atomic E-state index is 12.3. The van der Waals surface area contributed by atoms with E-state index in [0.717, 1.165) is 17.1 Å². The van der Waals surface area contributed by atoms with Crippen LogP contribution in [0.3, 0.4) is 0 Å². The molecular formula is C14H17N3O2S. The lowest BCUT2D eigenvalue weighted by Crippen LogP contribution is -2.19. The van der Waals surface area contributed by atoms with Gasteiger partial charge in [0.25, 0.3) is 5.91 Å². The number of hydrogen-bond acceptors (Lipinski definition) is 5. The predicted molar refractivity (Wildman–Crippen MR) is 78.9 cm³/mol.